The van der Waals surface area contributed by atoms with Gasteiger partial charge in [0.05, 0.1) is 5.39 Å². The van der Waals surface area contributed by atoms with Gasteiger partial charge >= 0.3 is 0 Å². The van der Waals surface area contributed by atoms with Crippen LogP contribution in [0, 0.1) is 11.8 Å². The normalized spacial score (nSPS) is 11.6. The first-order chi connectivity index (χ1) is 15.4. The van der Waals surface area contributed by atoms with Gasteiger partial charge in [-0.3, -0.25) is 9.59 Å². The van der Waals surface area contributed by atoms with E-state index < -0.39 is 17.4 Å². The Morgan fingerprint density at radius 2 is 1.91 bits per heavy atom. The number of carbonyl (C=O) groups is 1. The van der Waals surface area contributed by atoms with E-state index in [2.05, 4.69) is 17.2 Å². The number of aryl methyl sites for hydroxylation is 1. The Morgan fingerprint density at radius 3 is 2.62 bits per heavy atom. The lowest BCUT2D eigenvalue weighted by atomic mass is 10.1. The number of nitrogens with zero attached hydrogens (tertiary/aromatic N) is 1. The van der Waals surface area contributed by atoms with Crippen LogP contribution >= 0.6 is 11.6 Å². The maximum atomic E-state index is 12.9. The van der Waals surface area contributed by atoms with Crippen LogP contribution in [0.4, 0.5) is 0 Å². The molecule has 0 radical (unpaired) electrons. The fourth-order valence-electron chi connectivity index (χ4n) is 3.22. The molecule has 2 N–H and O–H groups in total. The van der Waals surface area contributed by atoms with Crippen molar-refractivity contribution in [3.63, 3.8) is 0 Å². The lowest BCUT2D eigenvalue weighted by molar-refractivity contribution is 0.0949. The molecule has 4 rings (SSSR count). The van der Waals surface area contributed by atoms with Gasteiger partial charge in [-0.15, -0.1) is 0 Å². The molecule has 6 nitrogen and oxygen atoms in total. The van der Waals surface area contributed by atoms with Gasteiger partial charge in [-0.05, 0) is 29.2 Å². The van der Waals surface area contributed by atoms with Gasteiger partial charge in [0.1, 0.15) is 11.7 Å². The van der Waals surface area contributed by atoms with Crippen LogP contribution in [0.5, 0.6) is 0 Å². The topological polar surface area (TPSA) is 84.5 Å². The largest absolute Gasteiger partial charge is 0.431 e. The maximum absolute atomic E-state index is 12.9. The van der Waals surface area contributed by atoms with Gasteiger partial charge in [0, 0.05) is 30.9 Å². The first kappa shape index (κ1) is 21.4. The molecule has 2 aromatic carbocycles. The molecule has 32 heavy (non-hydrogen) atoms. The van der Waals surface area contributed by atoms with Crippen molar-refractivity contribution in [2.24, 2.45) is 7.05 Å². The molecule has 0 spiro atoms. The fourth-order valence-corrected chi connectivity index (χ4v) is 3.35. The molecule has 0 unspecified atom stereocenters. The zero-order chi connectivity index (χ0) is 22.7. The van der Waals surface area contributed by atoms with Gasteiger partial charge in [-0.1, -0.05) is 60.0 Å². The number of hydrogen-bond donors (Lipinski definition) is 2. The number of furan rings is 1. The summed E-state index contributed by atoms with van der Waals surface area (Å²) in [7, 11) is 1.68. The standard InChI is InChI=1S/C25H19ClN2O4/c1-28-15-21(24(31)27-14-16-7-9-18(26)10-8-16)23(30)20-13-19(32-25(20)28)11-12-22(29)17-5-3-2-4-6-17/h2-10,13,15,22,29H,14H2,1H3,(H,27,31)/t22-/m1/s1. The number of carbonyl (C=O) groups excluding carboxylic acids is 1. The Hall–Kier alpha value is -3.79. The minimum atomic E-state index is -0.987. The number of rotatable bonds is 4. The predicted octanol–water partition coefficient (Wildman–Crippen LogP) is 3.80. The van der Waals surface area contributed by atoms with Gasteiger partial charge in [0.2, 0.25) is 11.1 Å². The lowest BCUT2D eigenvalue weighted by Crippen LogP contribution is -2.29. The van der Waals surface area contributed by atoms with E-state index in [9.17, 15) is 14.7 Å². The number of hydrogen-bond acceptors (Lipinski definition) is 4. The third-order valence-corrected chi connectivity index (χ3v) is 5.16. The molecule has 0 fully saturated rings. The van der Waals surface area contributed by atoms with Crippen LogP contribution in [0.25, 0.3) is 11.1 Å². The highest BCUT2D eigenvalue weighted by molar-refractivity contribution is 6.30. The summed E-state index contributed by atoms with van der Waals surface area (Å²) in [6, 6.07) is 17.6. The van der Waals surface area contributed by atoms with Crippen LogP contribution in [-0.4, -0.2) is 15.6 Å². The van der Waals surface area contributed by atoms with Crippen molar-refractivity contribution in [3.8, 4) is 11.8 Å². The molecule has 0 aliphatic rings. The van der Waals surface area contributed by atoms with Crippen LogP contribution in [-0.2, 0) is 13.6 Å². The molecule has 0 saturated heterocycles. The molecule has 4 aromatic rings. The number of pyridine rings is 1. The molecule has 160 valence electrons. The van der Waals surface area contributed by atoms with Crippen molar-refractivity contribution in [1.29, 1.82) is 0 Å². The summed E-state index contributed by atoms with van der Waals surface area (Å²) in [6.07, 6.45) is 0.445. The third-order valence-electron chi connectivity index (χ3n) is 4.90. The second-order valence-electron chi connectivity index (χ2n) is 7.20. The summed E-state index contributed by atoms with van der Waals surface area (Å²) in [5.74, 6) is 5.20. The molecular weight excluding hydrogens is 428 g/mol. The van der Waals surface area contributed by atoms with Crippen molar-refractivity contribution < 1.29 is 14.3 Å². The van der Waals surface area contributed by atoms with Gasteiger partial charge in [0.15, 0.2) is 5.76 Å². The van der Waals surface area contributed by atoms with E-state index in [1.807, 2.05) is 18.2 Å². The molecule has 2 heterocycles. The zero-order valence-electron chi connectivity index (χ0n) is 17.1. The summed E-state index contributed by atoms with van der Waals surface area (Å²) < 4.78 is 7.24. The Morgan fingerprint density at radius 1 is 1.19 bits per heavy atom. The minimum absolute atomic E-state index is 0.00130. The van der Waals surface area contributed by atoms with Gasteiger partial charge in [0.25, 0.3) is 5.91 Å². The second kappa shape index (κ2) is 9.15. The van der Waals surface area contributed by atoms with Crippen LogP contribution in [0.2, 0.25) is 5.02 Å². The van der Waals surface area contributed by atoms with Crippen molar-refractivity contribution in [2.75, 3.05) is 0 Å². The molecule has 2 aromatic heterocycles. The van der Waals surface area contributed by atoms with Crippen molar-refractivity contribution >= 4 is 28.6 Å². The van der Waals surface area contributed by atoms with E-state index in [-0.39, 0.29) is 23.3 Å². The summed E-state index contributed by atoms with van der Waals surface area (Å²) in [5.41, 5.74) is 1.36. The van der Waals surface area contributed by atoms with E-state index in [0.717, 1.165) is 5.56 Å². The number of aromatic nitrogens is 1. The van der Waals surface area contributed by atoms with E-state index in [4.69, 9.17) is 16.0 Å². The third kappa shape index (κ3) is 4.59. The monoisotopic (exact) mass is 446 g/mol. The lowest BCUT2D eigenvalue weighted by Gasteiger charge is -2.07. The van der Waals surface area contributed by atoms with Crippen molar-refractivity contribution in [3.05, 3.63) is 105 Å². The highest BCUT2D eigenvalue weighted by Crippen LogP contribution is 2.17. The first-order valence-corrected chi connectivity index (χ1v) is 10.2. The van der Waals surface area contributed by atoms with E-state index in [1.165, 1.54) is 12.3 Å². The first-order valence-electron chi connectivity index (χ1n) is 9.83. The van der Waals surface area contributed by atoms with Gasteiger partial charge in [-0.25, -0.2) is 0 Å². The number of nitrogens with one attached hydrogen (secondary N) is 1. The Labute approximate surface area is 189 Å². The fraction of sp³-hybridized carbons (Fsp3) is 0.120. The highest BCUT2D eigenvalue weighted by Gasteiger charge is 2.17. The summed E-state index contributed by atoms with van der Waals surface area (Å²) in [5, 5.41) is 13.8. The maximum Gasteiger partial charge on any atom is 0.257 e. The van der Waals surface area contributed by atoms with Gasteiger partial charge in [-0.2, -0.15) is 0 Å². The predicted molar refractivity (Wildman–Crippen MR) is 122 cm³/mol. The van der Waals surface area contributed by atoms with Crippen LogP contribution in [0.1, 0.15) is 33.3 Å². The molecule has 0 saturated carbocycles. The average molecular weight is 447 g/mol. The summed E-state index contributed by atoms with van der Waals surface area (Å²) in [4.78, 5) is 25.5. The minimum Gasteiger partial charge on any atom is -0.431 e. The van der Waals surface area contributed by atoms with E-state index in [1.54, 1.807) is 48.0 Å². The molecule has 1 atom stereocenters. The number of halogens is 1. The van der Waals surface area contributed by atoms with Crippen molar-refractivity contribution in [2.45, 2.75) is 12.6 Å². The number of aliphatic hydroxyl groups is 1. The van der Waals surface area contributed by atoms with Gasteiger partial charge < -0.3 is 19.4 Å². The molecular formula is C25H19ClN2O4. The molecule has 0 aliphatic heterocycles. The molecule has 1 amide bonds. The highest BCUT2D eigenvalue weighted by atomic mass is 35.5. The molecule has 0 aliphatic carbocycles. The van der Waals surface area contributed by atoms with Crippen LogP contribution in [0.15, 0.2) is 76.1 Å². The number of amides is 1. The Balaban J connectivity index is 1.58. The zero-order valence-corrected chi connectivity index (χ0v) is 17.9. The summed E-state index contributed by atoms with van der Waals surface area (Å²) in [6.45, 7) is 0.261. The number of fused-ring (bicyclic) bond motifs is 1. The quantitative estimate of drug-likeness (QED) is 0.467. The van der Waals surface area contributed by atoms with Crippen LogP contribution < -0.4 is 10.7 Å². The van der Waals surface area contributed by atoms with E-state index in [0.29, 0.717) is 16.3 Å². The van der Waals surface area contributed by atoms with E-state index >= 15 is 0 Å². The summed E-state index contributed by atoms with van der Waals surface area (Å²) >= 11 is 5.87. The number of aliphatic hydroxyl groups excluding tert-OH is 1. The van der Waals surface area contributed by atoms with Crippen LogP contribution in [0.3, 0.4) is 0 Å². The molecule has 7 heteroatoms. The average Bonchev–Trinajstić information content (AvgIpc) is 3.25. The SMILES string of the molecule is Cn1cc(C(=O)NCc2ccc(Cl)cc2)c(=O)c2cc(C#C[C@@H](O)c3ccccc3)oc21. The Bertz CT molecular complexity index is 1390. The second-order valence-corrected chi connectivity index (χ2v) is 7.64. The Kier molecular flexibility index (Phi) is 6.13. The smallest absolute Gasteiger partial charge is 0.257 e. The molecule has 0 bridgehead atoms. The van der Waals surface area contributed by atoms with Crippen molar-refractivity contribution in [1.82, 2.24) is 9.88 Å². The number of benzene rings is 2.